The second-order valence-electron chi connectivity index (χ2n) is 23.6. The van der Waals surface area contributed by atoms with Crippen LogP contribution in [0.15, 0.2) is 420 Å². The Balaban J connectivity index is -0.000000131. The average Bonchev–Trinajstić information content (AvgIpc) is 0.826. The molecule has 14 aromatic rings. The number of nitrogen functional groups attached to an aromatic ring is 1. The number of pyridine rings is 4. The minimum atomic E-state index is -3.67. The number of benzene rings is 10. The Hall–Kier alpha value is -6.61. The van der Waals surface area contributed by atoms with E-state index in [0.717, 1.165) is 28.6 Å². The summed E-state index contributed by atoms with van der Waals surface area (Å²) in [5.41, 5.74) is 9.17. The third kappa shape index (κ3) is 72.4. The fourth-order valence-corrected chi connectivity index (χ4v) is 15.2. The molecule has 0 amide bonds. The first-order chi connectivity index (χ1) is 62.7. The van der Waals surface area contributed by atoms with E-state index in [-0.39, 0.29) is 237 Å². The van der Waals surface area contributed by atoms with E-state index >= 15 is 0 Å². The summed E-state index contributed by atoms with van der Waals surface area (Å²) < 4.78 is 132. The number of Topliss-reactive ketones (excluding diaryl/α,β-unsaturated/α-hetero) is 2. The van der Waals surface area contributed by atoms with Crippen LogP contribution in [0.5, 0.6) is 0 Å². The Bertz CT molecular complexity index is 5740. The van der Waals surface area contributed by atoms with Crippen molar-refractivity contribution in [1.82, 2.24) is 9.97 Å². The molecule has 0 spiro atoms. The molecule has 141 heavy (non-hydrogen) atoms. The van der Waals surface area contributed by atoms with E-state index in [1.807, 2.05) is 142 Å². The SMILES string of the molecule is CC.CC.CC.CC.CC.CC(=O)c1ccccc1NS(=O)(=O)c1ccccc1.CC(=O)c1ccccc1NS(=O)(=O)c1ccccc1.CC(O)c1ccccc1NS(=O)(=O)c1ccccc1.CC=O.Nc1ccccc1I.O=S(=O)(Cl)c1ccccc1.O=S(=O)(Nc1ccccc1I)c1ccccc1.[CH3-].[CH3-].[CH3-].[CH3-].[CH3-].[O-][n+]1ccccc1.[O-][n+]1ccccc1.[Y].[Y].[Y].[Y].[Y].c1ccncc1.c1ccncc1. The standard InChI is InChI=1S/C14H15NO3S.2C14H13NO3S.C12H10INO2S.C6H5ClO2S.C6H6IN.2C5H5NO.2C5H5N.C2H4O.5C2H6.5CH3.5Y/c3*1-11(16)13-9-5-6-10-14(13)15-19(17,18)12-7-3-2-4-8-12;13-11-8-4-5-9-12(11)14-17(15,16)10-6-2-1-3-7-10;7-10(8,9)6-4-2-1-3-5-6;7-5-3-1-2-4-6(5)8;2*7-6-4-2-1-3-5-6;2*1-2-4-6-5-3-1;1-2-3;5*1-2;;;;;;;;;;/h2-11,15-16H,1H3;2*2-10,15H,1H3;1-9,14H;1-5H;1-4H,8H2;2*1-5H;2*1-5H;2H,1H3;5*1-2H3;5*1H3;;;;;/q;;;;;;;;;;;;;;;;5*-1;;;;;. The van der Waals surface area contributed by atoms with E-state index in [2.05, 4.69) is 74.0 Å². The van der Waals surface area contributed by atoms with Crippen molar-refractivity contribution in [2.45, 2.75) is 128 Å². The number of aldehydes is 1. The molecule has 1 unspecified atom stereocenters. The van der Waals surface area contributed by atoms with Gasteiger partial charge in [0.25, 0.3) is 49.1 Å². The number of nitrogens with two attached hydrogens (primary N) is 1. The predicted octanol–water partition coefficient (Wildman–Crippen LogP) is 24.9. The molecule has 38 heteroatoms. The van der Waals surface area contributed by atoms with Crippen molar-refractivity contribution in [1.29, 1.82) is 0 Å². The van der Waals surface area contributed by atoms with E-state index in [9.17, 15) is 67.2 Å². The number of aliphatic hydroxyl groups excluding tert-OH is 1. The minimum absolute atomic E-state index is 0. The van der Waals surface area contributed by atoms with Crippen LogP contribution in [0.1, 0.15) is 129 Å². The van der Waals surface area contributed by atoms with Crippen molar-refractivity contribution in [3.8, 4) is 0 Å². The number of nitrogens with one attached hydrogen (secondary N) is 4. The predicted molar refractivity (Wildman–Crippen MR) is 581 cm³/mol. The molecular formula is C103H131ClI2N9O16S5Y5-5. The van der Waals surface area contributed by atoms with Gasteiger partial charge in [0.05, 0.1) is 53.3 Å². The molecule has 0 fully saturated rings. The monoisotopic (exact) mass is 2640 g/mol. The summed E-state index contributed by atoms with van der Waals surface area (Å²) in [6.45, 7) is 25.8. The van der Waals surface area contributed by atoms with Crippen LogP contribution in [0.2, 0.25) is 0 Å². The number of sulfonamides is 4. The molecule has 5 radical (unpaired) electrons. The van der Waals surface area contributed by atoms with E-state index in [1.54, 1.807) is 256 Å². The van der Waals surface area contributed by atoms with Gasteiger partial charge in [0, 0.05) is 253 Å². The number of halogens is 3. The maximum Gasteiger partial charge on any atom is 0.261 e. The van der Waals surface area contributed by atoms with Crippen molar-refractivity contribution in [3.05, 3.63) is 467 Å². The van der Waals surface area contributed by atoms with Gasteiger partial charge in [-0.3, -0.25) is 38.4 Å². The fraction of sp³-hybridized carbons (Fsp3) is 0.146. The van der Waals surface area contributed by atoms with Crippen LogP contribution in [0.4, 0.5) is 28.4 Å². The summed E-state index contributed by atoms with van der Waals surface area (Å²) in [5.74, 6) is -0.377. The molecule has 7 N–H and O–H groups in total. The molecule has 755 valence electrons. The Morgan fingerprint density at radius 2 is 0.546 bits per heavy atom. The molecular weight excluding hydrogens is 2510 g/mol. The van der Waals surface area contributed by atoms with Crippen molar-refractivity contribution in [3.63, 3.8) is 0 Å². The molecule has 0 saturated carbocycles. The molecule has 0 aliphatic heterocycles. The van der Waals surface area contributed by atoms with Gasteiger partial charge in [0.15, 0.2) is 36.4 Å². The summed E-state index contributed by atoms with van der Waals surface area (Å²) in [7, 11) is -13.0. The van der Waals surface area contributed by atoms with Crippen LogP contribution in [-0.2, 0) is 217 Å². The zero-order valence-electron chi connectivity index (χ0n) is 83.2. The number of aliphatic hydroxyl groups is 1. The van der Waals surface area contributed by atoms with Crippen LogP contribution in [0.3, 0.4) is 0 Å². The average molecular weight is 2650 g/mol. The quantitative estimate of drug-likeness (QED) is 0.00765. The van der Waals surface area contributed by atoms with Gasteiger partial charge < -0.3 is 63.2 Å². The Morgan fingerprint density at radius 3 is 0.752 bits per heavy atom. The number of hydrogen-bond acceptors (Lipinski definition) is 19. The number of hydrogen-bond donors (Lipinski definition) is 6. The van der Waals surface area contributed by atoms with Crippen molar-refractivity contribution >= 4 is 151 Å². The van der Waals surface area contributed by atoms with E-state index < -0.39 is 55.2 Å². The van der Waals surface area contributed by atoms with Gasteiger partial charge in [-0.05, 0) is 212 Å². The van der Waals surface area contributed by atoms with Crippen molar-refractivity contribution < 1.29 is 235 Å². The number of para-hydroxylation sites is 5. The normalized spacial score (nSPS) is 9.21. The second-order valence-corrected chi connectivity index (χ2v) is 35.3. The molecule has 10 aromatic carbocycles. The summed E-state index contributed by atoms with van der Waals surface area (Å²) in [6, 6.07) is 97.0. The summed E-state index contributed by atoms with van der Waals surface area (Å²) in [5, 5.41) is 30.0. The largest absolute Gasteiger partial charge is 0.619 e. The van der Waals surface area contributed by atoms with Crippen LogP contribution >= 0.6 is 55.9 Å². The van der Waals surface area contributed by atoms with Crippen LogP contribution in [0, 0.1) is 54.7 Å². The maximum atomic E-state index is 12.2. The molecule has 25 nitrogen and oxygen atoms in total. The first-order valence-corrected chi connectivity index (χ1v) is 51.0. The molecule has 0 aliphatic carbocycles. The zero-order chi connectivity index (χ0) is 99.0. The third-order valence-electron chi connectivity index (χ3n) is 14.5. The number of rotatable bonds is 16. The van der Waals surface area contributed by atoms with E-state index in [0.29, 0.717) is 39.4 Å². The van der Waals surface area contributed by atoms with Gasteiger partial charge in [-0.15, -0.1) is 0 Å². The van der Waals surface area contributed by atoms with Crippen LogP contribution in [0.25, 0.3) is 0 Å². The molecule has 4 heterocycles. The Morgan fingerprint density at radius 1 is 0.340 bits per heavy atom. The third-order valence-corrected chi connectivity index (χ3v) is 23.3. The molecule has 14 rings (SSSR count). The Labute approximate surface area is 1000 Å². The fourth-order valence-electron chi connectivity index (χ4n) is 8.92. The molecule has 0 aliphatic rings. The summed E-state index contributed by atoms with van der Waals surface area (Å²) in [4.78, 5) is 40.2. The first kappa shape index (κ1) is 160. The number of aromatic nitrogens is 4. The van der Waals surface area contributed by atoms with Gasteiger partial charge in [0.2, 0.25) is 0 Å². The second kappa shape index (κ2) is 96.8. The number of ketones is 2. The maximum absolute atomic E-state index is 12.2. The van der Waals surface area contributed by atoms with Gasteiger partial charge in [-0.1, -0.05) is 251 Å². The van der Waals surface area contributed by atoms with E-state index in [1.165, 1.54) is 94.1 Å². The number of carbonyl (C=O) groups excluding carboxylic acids is 3. The summed E-state index contributed by atoms with van der Waals surface area (Å²) >= 11 is 4.29. The number of nitrogens with zero attached hydrogens (tertiary/aromatic N) is 4. The van der Waals surface area contributed by atoms with Gasteiger partial charge in [-0.25, -0.2) is 42.1 Å². The molecule has 4 aromatic heterocycles. The van der Waals surface area contributed by atoms with Crippen molar-refractivity contribution in [2.75, 3.05) is 24.6 Å². The van der Waals surface area contributed by atoms with Gasteiger partial charge >= 0.3 is 0 Å². The topological polar surface area (TPSA) is 396 Å². The van der Waals surface area contributed by atoms with E-state index in [4.69, 9.17) is 21.2 Å². The zero-order valence-corrected chi connectivity index (χ0v) is 107. The number of carbonyl (C=O) groups is 3. The van der Waals surface area contributed by atoms with Crippen LogP contribution in [-0.4, -0.2) is 75.0 Å². The smallest absolute Gasteiger partial charge is 0.261 e. The van der Waals surface area contributed by atoms with Gasteiger partial charge in [0.1, 0.15) is 6.29 Å². The number of anilines is 5. The minimum Gasteiger partial charge on any atom is -0.619 e. The molecule has 0 saturated heterocycles. The molecule has 1 atom stereocenters. The summed E-state index contributed by atoms with van der Waals surface area (Å²) in [6.07, 6.45) is 12.8. The first-order valence-electron chi connectivity index (χ1n) is 40.6. The molecule has 0 bridgehead atoms. The van der Waals surface area contributed by atoms with Gasteiger partial charge in [-0.2, -0.15) is 9.46 Å². The van der Waals surface area contributed by atoms with Crippen molar-refractivity contribution in [2.24, 2.45) is 0 Å². The van der Waals surface area contributed by atoms with Crippen LogP contribution < -0.4 is 34.1 Å². The Kier molecular flexibility index (Phi) is 110.